The van der Waals surface area contributed by atoms with Gasteiger partial charge < -0.3 is 10.6 Å². The van der Waals surface area contributed by atoms with E-state index in [1.54, 1.807) is 0 Å². The molecular weight excluding hydrogens is 392 g/mol. The lowest BCUT2D eigenvalue weighted by Crippen LogP contribution is -2.34. The van der Waals surface area contributed by atoms with Crippen LogP contribution in [0.15, 0.2) is 6.07 Å². The van der Waals surface area contributed by atoms with Crippen molar-refractivity contribution in [1.82, 2.24) is 39.5 Å². The number of anilines is 2. The molecule has 0 spiro atoms. The molecule has 2 aliphatic heterocycles. The van der Waals surface area contributed by atoms with Crippen LogP contribution in [0.4, 0.5) is 11.8 Å². The van der Waals surface area contributed by atoms with Crippen LogP contribution in [0, 0.1) is 13.8 Å². The van der Waals surface area contributed by atoms with Gasteiger partial charge >= 0.3 is 0 Å². The van der Waals surface area contributed by atoms with Gasteiger partial charge in [-0.25, -0.2) is 24.3 Å². The van der Waals surface area contributed by atoms with E-state index in [0.29, 0.717) is 11.9 Å². The molecule has 0 aromatic carbocycles. The molecule has 2 unspecified atom stereocenters. The van der Waals surface area contributed by atoms with Gasteiger partial charge in [0.05, 0.1) is 18.8 Å². The van der Waals surface area contributed by atoms with E-state index < -0.39 is 0 Å². The van der Waals surface area contributed by atoms with Crippen molar-refractivity contribution in [2.24, 2.45) is 0 Å². The maximum absolute atomic E-state index is 4.80. The molecule has 0 fully saturated rings. The smallest absolute Gasteiger partial charge is 0.225 e. The summed E-state index contributed by atoms with van der Waals surface area (Å²) in [6.45, 7) is 9.79. The minimum atomic E-state index is 0.235. The van der Waals surface area contributed by atoms with Gasteiger partial charge in [0.1, 0.15) is 29.1 Å². The van der Waals surface area contributed by atoms with Gasteiger partial charge in [-0.15, -0.1) is 0 Å². The largest absolute Gasteiger partial charge is 0.365 e. The van der Waals surface area contributed by atoms with Crippen LogP contribution in [-0.2, 0) is 25.9 Å². The molecule has 5 rings (SSSR count). The van der Waals surface area contributed by atoms with Crippen LogP contribution in [0.2, 0.25) is 0 Å². The van der Waals surface area contributed by atoms with Crippen molar-refractivity contribution in [3.05, 3.63) is 35.1 Å². The van der Waals surface area contributed by atoms with Gasteiger partial charge in [-0.2, -0.15) is 15.2 Å². The van der Waals surface area contributed by atoms with Crippen LogP contribution in [-0.4, -0.2) is 51.6 Å². The second kappa shape index (κ2) is 7.90. The third-order valence-electron chi connectivity index (χ3n) is 5.95. The molecule has 10 heteroatoms. The molecule has 0 aliphatic carbocycles. The Morgan fingerprint density at radius 1 is 0.839 bits per heavy atom. The second-order valence-electron chi connectivity index (χ2n) is 8.93. The highest BCUT2D eigenvalue weighted by molar-refractivity contribution is 5.44. The predicted molar refractivity (Wildman–Crippen MR) is 117 cm³/mol. The van der Waals surface area contributed by atoms with Crippen molar-refractivity contribution in [2.45, 2.75) is 84.5 Å². The zero-order chi connectivity index (χ0) is 21.5. The minimum Gasteiger partial charge on any atom is -0.365 e. The zero-order valence-electron chi connectivity index (χ0n) is 18.6. The summed E-state index contributed by atoms with van der Waals surface area (Å²) in [5.74, 6) is 5.66. The molecule has 3 aromatic rings. The second-order valence-corrected chi connectivity index (χ2v) is 8.93. The Kier molecular flexibility index (Phi) is 5.07. The molecule has 164 valence electrons. The molecule has 2 atom stereocenters. The molecule has 10 nitrogen and oxygen atoms in total. The van der Waals surface area contributed by atoms with Crippen molar-refractivity contribution in [3.63, 3.8) is 0 Å². The van der Waals surface area contributed by atoms with E-state index >= 15 is 0 Å². The van der Waals surface area contributed by atoms with Gasteiger partial charge in [-0.3, -0.25) is 0 Å². The highest BCUT2D eigenvalue weighted by Gasteiger charge is 2.24. The van der Waals surface area contributed by atoms with Crippen LogP contribution in [0.25, 0.3) is 0 Å². The lowest BCUT2D eigenvalue weighted by molar-refractivity contribution is 0.437. The van der Waals surface area contributed by atoms with Crippen LogP contribution in [0.3, 0.4) is 0 Å². The first-order valence-electron chi connectivity index (χ1n) is 11.2. The monoisotopic (exact) mass is 422 g/mol. The van der Waals surface area contributed by atoms with Crippen molar-refractivity contribution < 1.29 is 0 Å². The SMILES string of the molecule is Cc1nc2n(n1)CC(Nc1cc(C(C)C)nc(NC3CCc4nc(C)nn4C3)n1)CC2. The zero-order valence-corrected chi connectivity index (χ0v) is 18.6. The number of nitrogens with one attached hydrogen (secondary N) is 2. The molecule has 0 bridgehead atoms. The van der Waals surface area contributed by atoms with Crippen LogP contribution in [0.1, 0.15) is 61.6 Å². The van der Waals surface area contributed by atoms with Crippen LogP contribution in [0.5, 0.6) is 0 Å². The van der Waals surface area contributed by atoms with Crippen molar-refractivity contribution in [3.8, 4) is 0 Å². The van der Waals surface area contributed by atoms with Gasteiger partial charge in [0.25, 0.3) is 0 Å². The lowest BCUT2D eigenvalue weighted by Gasteiger charge is -2.26. The number of hydrogen-bond donors (Lipinski definition) is 2. The fourth-order valence-electron chi connectivity index (χ4n) is 4.40. The summed E-state index contributed by atoms with van der Waals surface area (Å²) in [7, 11) is 0. The Bertz CT molecular complexity index is 1000. The number of rotatable bonds is 5. The van der Waals surface area contributed by atoms with Gasteiger partial charge in [0, 0.05) is 31.0 Å². The first kappa shape index (κ1) is 19.9. The van der Waals surface area contributed by atoms with E-state index in [9.17, 15) is 0 Å². The van der Waals surface area contributed by atoms with Crippen molar-refractivity contribution in [1.29, 1.82) is 0 Å². The molecule has 0 amide bonds. The molecule has 0 radical (unpaired) electrons. The molecule has 0 saturated heterocycles. The summed E-state index contributed by atoms with van der Waals surface area (Å²) in [4.78, 5) is 18.6. The Balaban J connectivity index is 1.32. The number of aromatic nitrogens is 8. The van der Waals surface area contributed by atoms with Crippen LogP contribution < -0.4 is 10.6 Å². The summed E-state index contributed by atoms with van der Waals surface area (Å²) in [6, 6.07) is 2.57. The number of hydrogen-bond acceptors (Lipinski definition) is 8. The molecule has 3 aromatic heterocycles. The van der Waals surface area contributed by atoms with Gasteiger partial charge in [-0.05, 0) is 32.6 Å². The van der Waals surface area contributed by atoms with Crippen LogP contribution >= 0.6 is 0 Å². The lowest BCUT2D eigenvalue weighted by atomic mass is 10.1. The van der Waals surface area contributed by atoms with Gasteiger partial charge in [-0.1, -0.05) is 13.8 Å². The van der Waals surface area contributed by atoms with Gasteiger partial charge in [0.15, 0.2) is 0 Å². The topological polar surface area (TPSA) is 111 Å². The van der Waals surface area contributed by atoms with Gasteiger partial charge in [0.2, 0.25) is 5.95 Å². The molecule has 2 aliphatic rings. The maximum atomic E-state index is 4.80. The molecule has 2 N–H and O–H groups in total. The summed E-state index contributed by atoms with van der Waals surface area (Å²) < 4.78 is 4.02. The molecule has 0 saturated carbocycles. The van der Waals surface area contributed by atoms with E-state index in [4.69, 9.17) is 9.97 Å². The summed E-state index contributed by atoms with van der Waals surface area (Å²) in [5.41, 5.74) is 1.03. The highest BCUT2D eigenvalue weighted by atomic mass is 15.4. The first-order valence-corrected chi connectivity index (χ1v) is 11.2. The fourth-order valence-corrected chi connectivity index (χ4v) is 4.40. The van der Waals surface area contributed by atoms with E-state index in [2.05, 4.69) is 50.7 Å². The van der Waals surface area contributed by atoms with Crippen molar-refractivity contribution in [2.75, 3.05) is 10.6 Å². The molecule has 31 heavy (non-hydrogen) atoms. The number of fused-ring (bicyclic) bond motifs is 2. The third kappa shape index (κ3) is 4.24. The standard InChI is InChI=1S/C21H30N10/c1-12(2)17-9-18(24-15-5-7-19-22-13(3)28-30(19)10-15)27-21(26-17)25-16-6-8-20-23-14(4)29-31(20)11-16/h9,12,15-16H,5-8,10-11H2,1-4H3,(H2,24,25,26,27). The number of nitrogens with zero attached hydrogens (tertiary/aromatic N) is 8. The highest BCUT2D eigenvalue weighted by Crippen LogP contribution is 2.23. The third-order valence-corrected chi connectivity index (χ3v) is 5.95. The van der Waals surface area contributed by atoms with E-state index in [-0.39, 0.29) is 12.1 Å². The van der Waals surface area contributed by atoms with E-state index in [1.165, 1.54) is 0 Å². The Labute approximate surface area is 181 Å². The normalized spacial score (nSPS) is 20.4. The Hall–Kier alpha value is -3.04. The Morgan fingerprint density at radius 2 is 1.42 bits per heavy atom. The van der Waals surface area contributed by atoms with E-state index in [1.807, 2.05) is 23.2 Å². The summed E-state index contributed by atoms with van der Waals surface area (Å²) in [5, 5.41) is 16.2. The average Bonchev–Trinajstić information content (AvgIpc) is 3.27. The van der Waals surface area contributed by atoms with E-state index in [0.717, 1.165) is 73.6 Å². The minimum absolute atomic E-state index is 0.235. The fraction of sp³-hybridized carbons (Fsp3) is 0.619. The Morgan fingerprint density at radius 3 is 2.00 bits per heavy atom. The predicted octanol–water partition coefficient (Wildman–Crippen LogP) is 2.25. The average molecular weight is 423 g/mol. The summed E-state index contributed by atoms with van der Waals surface area (Å²) >= 11 is 0. The van der Waals surface area contributed by atoms with Crippen molar-refractivity contribution >= 4 is 11.8 Å². The maximum Gasteiger partial charge on any atom is 0.225 e. The quantitative estimate of drug-likeness (QED) is 0.644. The summed E-state index contributed by atoms with van der Waals surface area (Å²) in [6.07, 6.45) is 3.84. The molecular formula is C21H30N10. The number of aryl methyl sites for hydroxylation is 4. The first-order chi connectivity index (χ1) is 14.9. The molecule has 5 heterocycles.